The maximum absolute atomic E-state index is 12.1. The monoisotopic (exact) mass is 361 g/mol. The number of hydrogen-bond acceptors (Lipinski definition) is 4. The van der Waals surface area contributed by atoms with Gasteiger partial charge in [-0.15, -0.1) is 0 Å². The van der Waals surface area contributed by atoms with Gasteiger partial charge in [0.1, 0.15) is 14.7 Å². The third-order valence-electron chi connectivity index (χ3n) is 2.31. The maximum Gasteiger partial charge on any atom is 0.263 e. The van der Waals surface area contributed by atoms with Crippen molar-refractivity contribution in [1.29, 1.82) is 0 Å². The summed E-state index contributed by atoms with van der Waals surface area (Å²) in [5.41, 5.74) is 0.984. The number of nitrogens with zero attached hydrogens (tertiary/aromatic N) is 2. The number of sulfonamides is 1. The molecule has 0 aliphatic heterocycles. The lowest BCUT2D eigenvalue weighted by Crippen LogP contribution is -2.14. The Kier molecular flexibility index (Phi) is 4.07. The molecular weight excluding hydrogens is 354 g/mol. The van der Waals surface area contributed by atoms with Crippen LogP contribution < -0.4 is 4.72 Å². The second-order valence-electron chi connectivity index (χ2n) is 3.69. The SMILES string of the molecule is Cc1nc(Br)ccc1NS(=O)(=O)c1ccc(Cl)nc1. The Morgan fingerprint density at radius 1 is 1.26 bits per heavy atom. The van der Waals surface area contributed by atoms with Gasteiger partial charge in [-0.1, -0.05) is 11.6 Å². The van der Waals surface area contributed by atoms with Gasteiger partial charge in [-0.2, -0.15) is 0 Å². The van der Waals surface area contributed by atoms with Crippen molar-refractivity contribution >= 4 is 43.2 Å². The van der Waals surface area contributed by atoms with E-state index in [1.165, 1.54) is 18.3 Å². The van der Waals surface area contributed by atoms with E-state index in [1.807, 2.05) is 0 Å². The Hall–Kier alpha value is -1.18. The zero-order valence-corrected chi connectivity index (χ0v) is 12.9. The van der Waals surface area contributed by atoms with E-state index in [9.17, 15) is 8.42 Å². The lowest BCUT2D eigenvalue weighted by molar-refractivity contribution is 0.600. The quantitative estimate of drug-likeness (QED) is 0.852. The van der Waals surface area contributed by atoms with Gasteiger partial charge in [0.25, 0.3) is 10.0 Å². The molecule has 0 aromatic carbocycles. The van der Waals surface area contributed by atoms with Gasteiger partial charge >= 0.3 is 0 Å². The predicted octanol–water partition coefficient (Wildman–Crippen LogP) is 3.00. The fourth-order valence-electron chi connectivity index (χ4n) is 1.36. The highest BCUT2D eigenvalue weighted by molar-refractivity contribution is 9.10. The summed E-state index contributed by atoms with van der Waals surface area (Å²) in [5, 5.41) is 0.237. The van der Waals surface area contributed by atoms with E-state index in [-0.39, 0.29) is 10.0 Å². The van der Waals surface area contributed by atoms with Crippen LogP contribution in [0.15, 0.2) is 40.0 Å². The third-order valence-corrected chi connectivity index (χ3v) is 4.32. The van der Waals surface area contributed by atoms with Crippen LogP contribution in [0.25, 0.3) is 0 Å². The van der Waals surface area contributed by atoms with E-state index in [4.69, 9.17) is 11.6 Å². The molecule has 0 saturated heterocycles. The van der Waals surface area contributed by atoms with Gasteiger partial charge in [0.2, 0.25) is 0 Å². The van der Waals surface area contributed by atoms with Crippen molar-refractivity contribution in [2.75, 3.05) is 4.72 Å². The van der Waals surface area contributed by atoms with E-state index < -0.39 is 10.0 Å². The first kappa shape index (κ1) is 14.2. The maximum atomic E-state index is 12.1. The summed E-state index contributed by atoms with van der Waals surface area (Å²) in [6.45, 7) is 1.71. The molecule has 0 aliphatic rings. The van der Waals surface area contributed by atoms with Crippen molar-refractivity contribution < 1.29 is 8.42 Å². The Balaban J connectivity index is 2.33. The first-order valence-electron chi connectivity index (χ1n) is 5.16. The van der Waals surface area contributed by atoms with Crippen molar-refractivity contribution in [3.8, 4) is 0 Å². The topological polar surface area (TPSA) is 72.0 Å². The van der Waals surface area contributed by atoms with Crippen molar-refractivity contribution in [3.63, 3.8) is 0 Å². The Morgan fingerprint density at radius 3 is 2.58 bits per heavy atom. The van der Waals surface area contributed by atoms with Crippen LogP contribution >= 0.6 is 27.5 Å². The number of nitrogens with one attached hydrogen (secondary N) is 1. The Labute approximate surface area is 124 Å². The second kappa shape index (κ2) is 5.44. The molecule has 5 nitrogen and oxygen atoms in total. The highest BCUT2D eigenvalue weighted by Crippen LogP contribution is 2.20. The molecule has 1 N–H and O–H groups in total. The summed E-state index contributed by atoms with van der Waals surface area (Å²) in [4.78, 5) is 7.91. The number of pyridine rings is 2. The second-order valence-corrected chi connectivity index (χ2v) is 6.57. The van der Waals surface area contributed by atoms with Crippen LogP contribution in [0.4, 0.5) is 5.69 Å². The van der Waals surface area contributed by atoms with Crippen LogP contribution in [-0.2, 0) is 10.0 Å². The van der Waals surface area contributed by atoms with Crippen LogP contribution in [0.1, 0.15) is 5.69 Å². The lowest BCUT2D eigenvalue weighted by atomic mass is 10.3. The molecule has 0 fully saturated rings. The van der Waals surface area contributed by atoms with Gasteiger partial charge in [-0.25, -0.2) is 18.4 Å². The van der Waals surface area contributed by atoms with E-state index in [0.29, 0.717) is 16.0 Å². The average Bonchev–Trinajstić information content (AvgIpc) is 2.33. The normalized spacial score (nSPS) is 11.3. The van der Waals surface area contributed by atoms with Crippen LogP contribution in [0, 0.1) is 6.92 Å². The number of aryl methyl sites for hydroxylation is 1. The number of hydrogen-bond donors (Lipinski definition) is 1. The third kappa shape index (κ3) is 3.43. The molecule has 0 atom stereocenters. The molecule has 0 amide bonds. The minimum atomic E-state index is -3.69. The van der Waals surface area contributed by atoms with Gasteiger partial charge in [-0.3, -0.25) is 4.72 Å². The Bertz CT molecular complexity index is 704. The minimum absolute atomic E-state index is 0.0409. The number of aromatic nitrogens is 2. The van der Waals surface area contributed by atoms with E-state index in [1.54, 1.807) is 19.1 Å². The van der Waals surface area contributed by atoms with Gasteiger partial charge in [0.15, 0.2) is 0 Å². The first-order valence-corrected chi connectivity index (χ1v) is 7.81. The molecule has 2 aromatic rings. The van der Waals surface area contributed by atoms with Crippen LogP contribution in [0.5, 0.6) is 0 Å². The summed E-state index contributed by atoms with van der Waals surface area (Å²) in [5.74, 6) is 0. The number of halogens is 2. The molecule has 2 heterocycles. The zero-order valence-electron chi connectivity index (χ0n) is 9.76. The van der Waals surface area contributed by atoms with Crippen LogP contribution in [-0.4, -0.2) is 18.4 Å². The van der Waals surface area contributed by atoms with Crippen molar-refractivity contribution in [2.45, 2.75) is 11.8 Å². The molecule has 0 aliphatic carbocycles. The molecule has 0 bridgehead atoms. The summed E-state index contributed by atoms with van der Waals surface area (Å²) < 4.78 is 27.3. The van der Waals surface area contributed by atoms with Crippen LogP contribution in [0.2, 0.25) is 5.15 Å². The number of anilines is 1. The minimum Gasteiger partial charge on any atom is -0.278 e. The molecule has 0 spiro atoms. The summed E-state index contributed by atoms with van der Waals surface area (Å²) in [6, 6.07) is 6.10. The molecule has 8 heteroatoms. The zero-order chi connectivity index (χ0) is 14.0. The largest absolute Gasteiger partial charge is 0.278 e. The fraction of sp³-hybridized carbons (Fsp3) is 0.0909. The molecule has 0 radical (unpaired) electrons. The molecule has 0 unspecified atom stereocenters. The van der Waals surface area contributed by atoms with Crippen molar-refractivity contribution in [3.05, 3.63) is 45.9 Å². The summed E-state index contributed by atoms with van der Waals surface area (Å²) in [6.07, 6.45) is 1.20. The van der Waals surface area contributed by atoms with Crippen molar-refractivity contribution in [1.82, 2.24) is 9.97 Å². The lowest BCUT2D eigenvalue weighted by Gasteiger charge is -2.09. The van der Waals surface area contributed by atoms with E-state index in [2.05, 4.69) is 30.6 Å². The number of rotatable bonds is 3. The summed E-state index contributed by atoms with van der Waals surface area (Å²) >= 11 is 8.84. The predicted molar refractivity (Wildman–Crippen MR) is 76.7 cm³/mol. The summed E-state index contributed by atoms with van der Waals surface area (Å²) in [7, 11) is -3.69. The smallest absolute Gasteiger partial charge is 0.263 e. The average molecular weight is 363 g/mol. The molecular formula is C11H9BrClN3O2S. The molecule has 100 valence electrons. The van der Waals surface area contributed by atoms with E-state index in [0.717, 1.165) is 0 Å². The van der Waals surface area contributed by atoms with E-state index >= 15 is 0 Å². The molecule has 2 aromatic heterocycles. The van der Waals surface area contributed by atoms with Gasteiger partial charge in [-0.05, 0) is 47.1 Å². The molecule has 2 rings (SSSR count). The van der Waals surface area contributed by atoms with Crippen molar-refractivity contribution in [2.24, 2.45) is 0 Å². The first-order chi connectivity index (χ1) is 8.88. The fourth-order valence-corrected chi connectivity index (χ4v) is 2.93. The highest BCUT2D eigenvalue weighted by Gasteiger charge is 2.16. The van der Waals surface area contributed by atoms with Gasteiger partial charge < -0.3 is 0 Å². The Morgan fingerprint density at radius 2 is 2.00 bits per heavy atom. The molecule has 0 saturated carbocycles. The standard InChI is InChI=1S/C11H9BrClN3O2S/c1-7-9(3-4-10(12)15-7)16-19(17,18)8-2-5-11(13)14-6-8/h2-6,16H,1H3. The highest BCUT2D eigenvalue weighted by atomic mass is 79.9. The van der Waals surface area contributed by atoms with Crippen LogP contribution in [0.3, 0.4) is 0 Å². The van der Waals surface area contributed by atoms with Gasteiger partial charge in [0, 0.05) is 6.20 Å². The molecule has 19 heavy (non-hydrogen) atoms. The van der Waals surface area contributed by atoms with Gasteiger partial charge in [0.05, 0.1) is 11.4 Å².